The van der Waals surface area contributed by atoms with Gasteiger partial charge in [0.1, 0.15) is 23.4 Å². The van der Waals surface area contributed by atoms with Gasteiger partial charge in [-0.15, -0.1) is 0 Å². The normalized spacial score (nSPS) is 13.6. The average molecular weight is 325 g/mol. The molecule has 4 N–H and O–H groups in total. The highest BCUT2D eigenvalue weighted by Gasteiger charge is 2.27. The molecular weight excluding hydrogens is 308 g/mol. The smallest absolute Gasteiger partial charge is 0.272 e. The third kappa shape index (κ3) is 3.72. The molecule has 0 saturated heterocycles. The minimum Gasteiger partial charge on any atom is -0.390 e. The summed E-state index contributed by atoms with van der Waals surface area (Å²) in [5, 5.41) is 27.8. The lowest BCUT2D eigenvalue weighted by Gasteiger charge is -2.23. The van der Waals surface area contributed by atoms with Gasteiger partial charge in [0.15, 0.2) is 0 Å². The van der Waals surface area contributed by atoms with E-state index >= 15 is 0 Å². The van der Waals surface area contributed by atoms with Gasteiger partial charge in [-0.2, -0.15) is 5.10 Å². The van der Waals surface area contributed by atoms with Crippen LogP contribution in [0.15, 0.2) is 24.3 Å². The number of nitrogens with one attached hydrogen (secondary N) is 2. The first-order chi connectivity index (χ1) is 11.0. The molecule has 0 radical (unpaired) electrons. The van der Waals surface area contributed by atoms with Crippen LogP contribution in [-0.2, 0) is 6.61 Å². The van der Waals surface area contributed by atoms with Crippen LogP contribution in [0.3, 0.4) is 0 Å². The van der Waals surface area contributed by atoms with Crippen LogP contribution < -0.4 is 5.32 Å². The first-order valence-electron chi connectivity index (χ1n) is 7.05. The summed E-state index contributed by atoms with van der Waals surface area (Å²) in [4.78, 5) is 12.1. The number of aromatic nitrogens is 2. The van der Waals surface area contributed by atoms with Gasteiger partial charge in [-0.05, 0) is 24.6 Å². The van der Waals surface area contributed by atoms with Crippen molar-refractivity contribution < 1.29 is 23.8 Å². The van der Waals surface area contributed by atoms with Crippen molar-refractivity contribution in [3.63, 3.8) is 0 Å². The molecule has 1 heterocycles. The molecule has 0 bridgehead atoms. The Morgan fingerprint density at radius 2 is 2.04 bits per heavy atom. The van der Waals surface area contributed by atoms with Gasteiger partial charge in [-0.3, -0.25) is 9.89 Å². The molecule has 0 fully saturated rings. The predicted octanol–water partition coefficient (Wildman–Crippen LogP) is 1.42. The van der Waals surface area contributed by atoms with E-state index in [0.29, 0.717) is 5.69 Å². The number of halogens is 2. The maximum Gasteiger partial charge on any atom is 0.272 e. The van der Waals surface area contributed by atoms with E-state index in [4.69, 9.17) is 5.11 Å². The first-order valence-corrected chi connectivity index (χ1v) is 7.05. The summed E-state index contributed by atoms with van der Waals surface area (Å²) >= 11 is 0. The molecule has 2 aromatic rings. The topological polar surface area (TPSA) is 98.2 Å². The minimum atomic E-state index is -1.54. The van der Waals surface area contributed by atoms with Crippen molar-refractivity contribution in [1.82, 2.24) is 15.5 Å². The number of nitrogens with zero attached hydrogens (tertiary/aromatic N) is 1. The molecule has 2 rings (SSSR count). The van der Waals surface area contributed by atoms with Crippen molar-refractivity contribution in [3.05, 3.63) is 52.9 Å². The highest BCUT2D eigenvalue weighted by molar-refractivity contribution is 5.92. The number of hydrogen-bond acceptors (Lipinski definition) is 4. The monoisotopic (exact) mass is 325 g/mol. The zero-order chi connectivity index (χ0) is 17.0. The van der Waals surface area contributed by atoms with Crippen LogP contribution in [0.25, 0.3) is 0 Å². The number of rotatable bonds is 6. The maximum atomic E-state index is 13.7. The van der Waals surface area contributed by atoms with Crippen molar-refractivity contribution in [3.8, 4) is 0 Å². The van der Waals surface area contributed by atoms with E-state index < -0.39 is 35.3 Å². The van der Waals surface area contributed by atoms with Crippen LogP contribution in [0.4, 0.5) is 8.78 Å². The third-order valence-corrected chi connectivity index (χ3v) is 3.47. The van der Waals surface area contributed by atoms with E-state index in [1.165, 1.54) is 12.1 Å². The predicted molar refractivity (Wildman–Crippen MR) is 77.4 cm³/mol. The molecule has 0 aliphatic carbocycles. The fourth-order valence-electron chi connectivity index (χ4n) is 2.20. The quantitative estimate of drug-likeness (QED) is 0.645. The molecule has 23 heavy (non-hydrogen) atoms. The van der Waals surface area contributed by atoms with Gasteiger partial charge in [0.2, 0.25) is 0 Å². The number of carbonyl (C=O) groups is 1. The van der Waals surface area contributed by atoms with Gasteiger partial charge in [0.25, 0.3) is 5.91 Å². The summed E-state index contributed by atoms with van der Waals surface area (Å²) in [6, 6.07) is 3.72. The second-order valence-electron chi connectivity index (χ2n) is 5.00. The van der Waals surface area contributed by atoms with Crippen LogP contribution in [0.1, 0.15) is 41.2 Å². The highest BCUT2D eigenvalue weighted by atomic mass is 19.1. The lowest BCUT2D eigenvalue weighted by atomic mass is 9.99. The van der Waals surface area contributed by atoms with Crippen molar-refractivity contribution in [2.24, 2.45) is 0 Å². The maximum absolute atomic E-state index is 13.7. The zero-order valence-corrected chi connectivity index (χ0v) is 12.4. The lowest BCUT2D eigenvalue weighted by molar-refractivity contribution is 0.0806. The van der Waals surface area contributed by atoms with Gasteiger partial charge in [-0.1, -0.05) is 13.0 Å². The average Bonchev–Trinajstić information content (AvgIpc) is 3.01. The fourth-order valence-corrected chi connectivity index (χ4v) is 2.20. The molecule has 0 spiro atoms. The van der Waals surface area contributed by atoms with Crippen molar-refractivity contribution in [2.75, 3.05) is 0 Å². The number of hydrogen-bond donors (Lipinski definition) is 4. The minimum absolute atomic E-state index is 0.00806. The number of H-pyrrole nitrogens is 1. The molecule has 6 nitrogen and oxygen atoms in total. The number of aliphatic hydroxyl groups is 2. The first kappa shape index (κ1) is 17.0. The van der Waals surface area contributed by atoms with Crippen LogP contribution in [-0.4, -0.2) is 32.4 Å². The number of aliphatic hydroxyl groups excluding tert-OH is 2. The molecule has 1 aromatic carbocycles. The standard InChI is InChI=1S/C15H17F2N3O3/c1-2-11(14(22)13-9(16)4-3-5-10(13)17)18-15(23)12-6-8(7-21)19-20-12/h3-6,11,14,21-22H,2,7H2,1H3,(H,18,23)(H,19,20). The molecular formula is C15H17F2N3O3. The van der Waals surface area contributed by atoms with Crippen molar-refractivity contribution in [2.45, 2.75) is 32.1 Å². The van der Waals surface area contributed by atoms with E-state index in [2.05, 4.69) is 15.5 Å². The summed E-state index contributed by atoms with van der Waals surface area (Å²) in [5.41, 5.74) is -0.129. The van der Waals surface area contributed by atoms with E-state index in [1.54, 1.807) is 6.92 Å². The molecule has 8 heteroatoms. The Hall–Kier alpha value is -2.32. The Balaban J connectivity index is 2.17. The Kier molecular flexibility index (Phi) is 5.41. The van der Waals surface area contributed by atoms with E-state index in [9.17, 15) is 18.7 Å². The Morgan fingerprint density at radius 1 is 1.39 bits per heavy atom. The van der Waals surface area contributed by atoms with Crippen LogP contribution in [0.5, 0.6) is 0 Å². The molecule has 0 saturated carbocycles. The van der Waals surface area contributed by atoms with Gasteiger partial charge in [0.05, 0.1) is 23.9 Å². The Morgan fingerprint density at radius 3 is 2.57 bits per heavy atom. The van der Waals surface area contributed by atoms with Gasteiger partial charge in [0, 0.05) is 0 Å². The largest absolute Gasteiger partial charge is 0.390 e. The Bertz CT molecular complexity index is 670. The van der Waals surface area contributed by atoms with Crippen LogP contribution in [0.2, 0.25) is 0 Å². The van der Waals surface area contributed by atoms with E-state index in [1.807, 2.05) is 0 Å². The molecule has 1 aromatic heterocycles. The van der Waals surface area contributed by atoms with Crippen molar-refractivity contribution in [1.29, 1.82) is 0 Å². The molecule has 2 unspecified atom stereocenters. The highest BCUT2D eigenvalue weighted by Crippen LogP contribution is 2.25. The van der Waals surface area contributed by atoms with Crippen LogP contribution in [0, 0.1) is 11.6 Å². The summed E-state index contributed by atoms with van der Waals surface area (Å²) in [7, 11) is 0. The number of amides is 1. The summed E-state index contributed by atoms with van der Waals surface area (Å²) in [6.45, 7) is 1.36. The van der Waals surface area contributed by atoms with Crippen molar-refractivity contribution >= 4 is 5.91 Å². The number of benzene rings is 1. The van der Waals surface area contributed by atoms with Crippen LogP contribution >= 0.6 is 0 Å². The molecule has 124 valence electrons. The number of carbonyl (C=O) groups excluding carboxylic acids is 1. The molecule has 1 amide bonds. The molecule has 2 atom stereocenters. The van der Waals surface area contributed by atoms with Gasteiger partial charge < -0.3 is 15.5 Å². The molecule has 0 aliphatic heterocycles. The number of aromatic amines is 1. The van der Waals surface area contributed by atoms with E-state index in [-0.39, 0.29) is 18.7 Å². The van der Waals surface area contributed by atoms with Gasteiger partial charge in [-0.25, -0.2) is 8.78 Å². The second-order valence-corrected chi connectivity index (χ2v) is 5.00. The summed E-state index contributed by atoms with van der Waals surface area (Å²) < 4.78 is 27.5. The van der Waals surface area contributed by atoms with E-state index in [0.717, 1.165) is 12.1 Å². The Labute approximate surface area is 131 Å². The SMILES string of the molecule is CCC(NC(=O)c1cc(CO)[nH]n1)C(O)c1c(F)cccc1F. The summed E-state index contributed by atoms with van der Waals surface area (Å²) in [6.07, 6.45) is -1.29. The second kappa shape index (κ2) is 7.30. The molecule has 0 aliphatic rings. The fraction of sp³-hybridized carbons (Fsp3) is 0.333. The lowest BCUT2D eigenvalue weighted by Crippen LogP contribution is -2.39. The van der Waals surface area contributed by atoms with Gasteiger partial charge >= 0.3 is 0 Å². The third-order valence-electron chi connectivity index (χ3n) is 3.47. The summed E-state index contributed by atoms with van der Waals surface area (Å²) in [5.74, 6) is -2.39. The zero-order valence-electron chi connectivity index (χ0n) is 12.4.